The van der Waals surface area contributed by atoms with E-state index in [1.54, 1.807) is 36.5 Å². The van der Waals surface area contributed by atoms with Crippen molar-refractivity contribution in [2.24, 2.45) is 7.05 Å². The van der Waals surface area contributed by atoms with E-state index >= 15 is 0 Å². The number of hydrogen-bond acceptors (Lipinski definition) is 9. The van der Waals surface area contributed by atoms with Crippen molar-refractivity contribution >= 4 is 40.6 Å². The molecule has 0 bridgehead atoms. The first-order valence-corrected chi connectivity index (χ1v) is 11.9. The fraction of sp³-hybridized carbons (Fsp3) is 0.192. The minimum atomic E-state index is -0.520. The second-order valence-corrected chi connectivity index (χ2v) is 8.50. The molecule has 1 saturated heterocycles. The Balaban J connectivity index is 1.48. The molecule has 1 amide bonds. The van der Waals surface area contributed by atoms with Gasteiger partial charge in [0.15, 0.2) is 0 Å². The van der Waals surface area contributed by atoms with Crippen LogP contribution in [0.4, 0.5) is 39.0 Å². The lowest BCUT2D eigenvalue weighted by atomic mass is 10.1. The predicted molar refractivity (Wildman–Crippen MR) is 143 cm³/mol. The third-order valence-corrected chi connectivity index (χ3v) is 5.82. The van der Waals surface area contributed by atoms with Crippen molar-refractivity contribution in [2.45, 2.75) is 0 Å². The van der Waals surface area contributed by atoms with Gasteiger partial charge in [0.25, 0.3) is 0 Å². The number of pyridine rings is 1. The van der Waals surface area contributed by atoms with Crippen LogP contribution in [0.2, 0.25) is 0 Å². The van der Waals surface area contributed by atoms with Gasteiger partial charge in [0, 0.05) is 55.5 Å². The number of morpholine rings is 1. The SMILES string of the molecule is C=CC(=O)Nc1ccc(F)c(Nc2nc(Nc3cnn(C)c3)ncc2-c2ccc(N3CCOCC3)nc2)c1. The molecular weight excluding hydrogens is 489 g/mol. The summed E-state index contributed by atoms with van der Waals surface area (Å²) in [7, 11) is 1.80. The fourth-order valence-corrected chi connectivity index (χ4v) is 3.91. The molecule has 1 aliphatic rings. The lowest BCUT2D eigenvalue weighted by molar-refractivity contribution is -0.111. The van der Waals surface area contributed by atoms with Crippen molar-refractivity contribution in [3.63, 3.8) is 0 Å². The average Bonchev–Trinajstić information content (AvgIpc) is 3.35. The molecule has 1 aromatic carbocycles. The molecule has 0 unspecified atom stereocenters. The molecule has 194 valence electrons. The third kappa shape index (κ3) is 5.76. The van der Waals surface area contributed by atoms with E-state index in [4.69, 9.17) is 4.74 Å². The second-order valence-electron chi connectivity index (χ2n) is 8.50. The summed E-state index contributed by atoms with van der Waals surface area (Å²) < 4.78 is 21.9. The highest BCUT2D eigenvalue weighted by Crippen LogP contribution is 2.32. The standard InChI is InChI=1S/C26H26FN9O2/c1-3-24(37)31-18-5-6-21(27)22(12-18)33-25-20(15-29-26(34-25)32-19-14-30-35(2)16-19)17-4-7-23(28-13-17)36-8-10-38-11-9-36/h3-7,12-16H,1,8-11H2,2H3,(H,31,37)(H2,29,32,33,34). The van der Waals surface area contributed by atoms with Crippen molar-refractivity contribution in [3.05, 3.63) is 73.6 Å². The van der Waals surface area contributed by atoms with Crippen LogP contribution in [0.25, 0.3) is 11.1 Å². The van der Waals surface area contributed by atoms with Gasteiger partial charge in [-0.3, -0.25) is 9.48 Å². The molecule has 3 aromatic heterocycles. The Labute approximate surface area is 218 Å². The van der Waals surface area contributed by atoms with Gasteiger partial charge in [0.05, 0.1) is 30.8 Å². The molecule has 0 atom stereocenters. The zero-order valence-electron chi connectivity index (χ0n) is 20.7. The maximum absolute atomic E-state index is 14.8. The van der Waals surface area contributed by atoms with Crippen molar-refractivity contribution in [1.82, 2.24) is 24.7 Å². The number of anilines is 6. The van der Waals surface area contributed by atoms with Crippen LogP contribution in [-0.2, 0) is 16.6 Å². The van der Waals surface area contributed by atoms with Crippen LogP contribution in [0, 0.1) is 5.82 Å². The largest absolute Gasteiger partial charge is 0.378 e. The molecule has 0 aliphatic carbocycles. The normalized spacial score (nSPS) is 13.2. The molecule has 4 aromatic rings. The maximum Gasteiger partial charge on any atom is 0.247 e. The fourth-order valence-electron chi connectivity index (χ4n) is 3.91. The molecule has 1 fully saturated rings. The zero-order valence-corrected chi connectivity index (χ0v) is 20.7. The van der Waals surface area contributed by atoms with Crippen LogP contribution >= 0.6 is 0 Å². The van der Waals surface area contributed by atoms with Gasteiger partial charge in [-0.25, -0.2) is 14.4 Å². The molecule has 38 heavy (non-hydrogen) atoms. The van der Waals surface area contributed by atoms with Crippen LogP contribution in [0.15, 0.2) is 67.8 Å². The summed E-state index contributed by atoms with van der Waals surface area (Å²) in [4.78, 5) is 27.6. The van der Waals surface area contributed by atoms with Gasteiger partial charge in [-0.1, -0.05) is 6.58 Å². The van der Waals surface area contributed by atoms with E-state index in [9.17, 15) is 9.18 Å². The van der Waals surface area contributed by atoms with Gasteiger partial charge >= 0.3 is 0 Å². The van der Waals surface area contributed by atoms with Gasteiger partial charge < -0.3 is 25.6 Å². The van der Waals surface area contributed by atoms with Crippen LogP contribution in [0.5, 0.6) is 0 Å². The molecule has 11 nitrogen and oxygen atoms in total. The van der Waals surface area contributed by atoms with Gasteiger partial charge in [0.2, 0.25) is 11.9 Å². The first-order valence-electron chi connectivity index (χ1n) is 11.9. The van der Waals surface area contributed by atoms with Crippen LogP contribution < -0.4 is 20.9 Å². The molecular formula is C26H26FN9O2. The lowest BCUT2D eigenvalue weighted by Crippen LogP contribution is -2.36. The molecule has 0 radical (unpaired) electrons. The first-order chi connectivity index (χ1) is 18.5. The van der Waals surface area contributed by atoms with Crippen LogP contribution in [0.1, 0.15) is 0 Å². The molecule has 4 heterocycles. The molecule has 5 rings (SSSR count). The highest BCUT2D eigenvalue weighted by molar-refractivity contribution is 5.99. The summed E-state index contributed by atoms with van der Waals surface area (Å²) in [6.07, 6.45) is 7.94. The van der Waals surface area contributed by atoms with E-state index in [-0.39, 0.29) is 5.69 Å². The number of nitrogens with zero attached hydrogens (tertiary/aromatic N) is 6. The number of nitrogens with one attached hydrogen (secondary N) is 3. The van der Waals surface area contributed by atoms with E-state index in [2.05, 4.69) is 47.5 Å². The van der Waals surface area contributed by atoms with E-state index < -0.39 is 11.7 Å². The minimum Gasteiger partial charge on any atom is -0.378 e. The summed E-state index contributed by atoms with van der Waals surface area (Å²) in [5, 5.41) is 12.9. The quantitative estimate of drug-likeness (QED) is 0.300. The number of rotatable bonds is 8. The van der Waals surface area contributed by atoms with Crippen LogP contribution in [-0.4, -0.2) is 56.9 Å². The number of aromatic nitrogens is 5. The molecule has 12 heteroatoms. The third-order valence-electron chi connectivity index (χ3n) is 5.82. The smallest absolute Gasteiger partial charge is 0.247 e. The number of hydrogen-bond donors (Lipinski definition) is 3. The molecule has 1 aliphatic heterocycles. The highest BCUT2D eigenvalue weighted by atomic mass is 19.1. The predicted octanol–water partition coefficient (Wildman–Crippen LogP) is 3.86. The maximum atomic E-state index is 14.8. The van der Waals surface area contributed by atoms with Gasteiger partial charge in [-0.05, 0) is 36.4 Å². The Kier molecular flexibility index (Phi) is 7.22. The summed E-state index contributed by atoms with van der Waals surface area (Å²) in [5.41, 5.74) is 2.58. The van der Waals surface area contributed by atoms with Crippen LogP contribution in [0.3, 0.4) is 0 Å². The molecule has 0 saturated carbocycles. The van der Waals surface area contributed by atoms with E-state index in [1.807, 2.05) is 12.1 Å². The number of carbonyl (C=O) groups is 1. The van der Waals surface area contributed by atoms with E-state index in [0.29, 0.717) is 41.9 Å². The van der Waals surface area contributed by atoms with Crippen molar-refractivity contribution in [2.75, 3.05) is 47.2 Å². The minimum absolute atomic E-state index is 0.122. The number of benzene rings is 1. The second kappa shape index (κ2) is 11.0. The summed E-state index contributed by atoms with van der Waals surface area (Å²) in [5.74, 6) is 0.560. The van der Waals surface area contributed by atoms with E-state index in [1.165, 1.54) is 18.2 Å². The summed E-state index contributed by atoms with van der Waals surface area (Å²) in [6.45, 7) is 6.31. The van der Waals surface area contributed by atoms with Crippen molar-refractivity contribution < 1.29 is 13.9 Å². The topological polar surface area (TPSA) is 122 Å². The highest BCUT2D eigenvalue weighted by Gasteiger charge is 2.16. The number of aryl methyl sites for hydroxylation is 1. The zero-order chi connectivity index (χ0) is 26.5. The van der Waals surface area contributed by atoms with Crippen molar-refractivity contribution in [3.8, 4) is 11.1 Å². The number of halogens is 1. The number of ether oxygens (including phenoxy) is 1. The Morgan fingerprint density at radius 2 is 1.92 bits per heavy atom. The monoisotopic (exact) mass is 515 g/mol. The van der Waals surface area contributed by atoms with Gasteiger partial charge in [0.1, 0.15) is 17.5 Å². The Hall–Kier alpha value is -4.84. The summed E-state index contributed by atoms with van der Waals surface area (Å²) >= 11 is 0. The van der Waals surface area contributed by atoms with Gasteiger partial charge in [-0.2, -0.15) is 10.1 Å². The van der Waals surface area contributed by atoms with E-state index in [0.717, 1.165) is 30.5 Å². The number of carbonyl (C=O) groups excluding carboxylic acids is 1. The Morgan fingerprint density at radius 1 is 1.08 bits per heavy atom. The molecule has 3 N–H and O–H groups in total. The summed E-state index contributed by atoms with van der Waals surface area (Å²) in [6, 6.07) is 8.06. The lowest BCUT2D eigenvalue weighted by Gasteiger charge is -2.27. The average molecular weight is 516 g/mol. The van der Waals surface area contributed by atoms with Crippen molar-refractivity contribution in [1.29, 1.82) is 0 Å². The first kappa shape index (κ1) is 24.8. The Morgan fingerprint density at radius 3 is 2.63 bits per heavy atom. The molecule has 0 spiro atoms. The van der Waals surface area contributed by atoms with Gasteiger partial charge in [-0.15, -0.1) is 0 Å². The number of amides is 1. The Bertz CT molecular complexity index is 1450.